The van der Waals surface area contributed by atoms with Gasteiger partial charge in [0.15, 0.2) is 0 Å². The van der Waals surface area contributed by atoms with E-state index in [1.165, 1.54) is 19.3 Å². The molecular weight excluding hydrogens is 226 g/mol. The lowest BCUT2D eigenvalue weighted by molar-refractivity contribution is 0.215. The summed E-state index contributed by atoms with van der Waals surface area (Å²) in [5, 5.41) is 5.27. The summed E-state index contributed by atoms with van der Waals surface area (Å²) >= 11 is 2.22. The minimum atomic E-state index is 0.542. The molecule has 17 heavy (non-hydrogen) atoms. The van der Waals surface area contributed by atoms with Crippen LogP contribution in [0.3, 0.4) is 0 Å². The van der Waals surface area contributed by atoms with Crippen molar-refractivity contribution in [3.8, 4) is 0 Å². The fraction of sp³-hybridized carbons (Fsp3) is 1.00. The van der Waals surface area contributed by atoms with E-state index < -0.39 is 0 Å². The van der Waals surface area contributed by atoms with Gasteiger partial charge >= 0.3 is 0 Å². The second-order valence-corrected chi connectivity index (χ2v) is 8.32. The van der Waals surface area contributed by atoms with Gasteiger partial charge in [-0.2, -0.15) is 11.8 Å². The molecule has 0 radical (unpaired) electrons. The van der Waals surface area contributed by atoms with E-state index in [2.05, 4.69) is 58.6 Å². The fourth-order valence-corrected chi connectivity index (χ4v) is 4.43. The predicted octanol–water partition coefficient (Wildman–Crippen LogP) is 4.32. The summed E-state index contributed by atoms with van der Waals surface area (Å²) < 4.78 is 0. The maximum atomic E-state index is 3.70. The van der Waals surface area contributed by atoms with Crippen molar-refractivity contribution in [3.63, 3.8) is 0 Å². The molecule has 0 aromatic heterocycles. The van der Waals surface area contributed by atoms with Crippen LogP contribution in [-0.4, -0.2) is 23.1 Å². The molecule has 1 saturated carbocycles. The summed E-state index contributed by atoms with van der Waals surface area (Å²) in [6.07, 6.45) is 4.09. The Morgan fingerprint density at radius 1 is 1.29 bits per heavy atom. The highest BCUT2D eigenvalue weighted by atomic mass is 32.2. The molecule has 0 aromatic rings. The summed E-state index contributed by atoms with van der Waals surface area (Å²) in [6, 6.07) is 0.735. The molecule has 1 rings (SSSR count). The number of nitrogens with one attached hydrogen (secondary N) is 1. The van der Waals surface area contributed by atoms with Gasteiger partial charge < -0.3 is 5.32 Å². The van der Waals surface area contributed by atoms with Gasteiger partial charge in [0.2, 0.25) is 0 Å². The molecule has 3 unspecified atom stereocenters. The van der Waals surface area contributed by atoms with E-state index in [-0.39, 0.29) is 0 Å². The van der Waals surface area contributed by atoms with Crippen molar-refractivity contribution in [1.82, 2.24) is 5.32 Å². The Hall–Kier alpha value is 0.310. The SMILES string of the molecule is CCNC1CCC(C)(C)CC1SC(C)C(C)C. The topological polar surface area (TPSA) is 12.0 Å². The molecule has 2 heteroatoms. The number of rotatable bonds is 5. The van der Waals surface area contributed by atoms with Crippen LogP contribution in [-0.2, 0) is 0 Å². The number of hydrogen-bond donors (Lipinski definition) is 1. The van der Waals surface area contributed by atoms with E-state index in [4.69, 9.17) is 0 Å². The van der Waals surface area contributed by atoms with Crippen LogP contribution in [0.25, 0.3) is 0 Å². The van der Waals surface area contributed by atoms with Crippen molar-refractivity contribution in [1.29, 1.82) is 0 Å². The third kappa shape index (κ3) is 4.82. The third-order valence-electron chi connectivity index (χ3n) is 4.13. The number of hydrogen-bond acceptors (Lipinski definition) is 2. The highest BCUT2D eigenvalue weighted by Gasteiger charge is 2.35. The molecular formula is C15H31NS. The molecule has 0 heterocycles. The lowest BCUT2D eigenvalue weighted by Gasteiger charge is -2.42. The lowest BCUT2D eigenvalue weighted by Crippen LogP contribution is -2.45. The Morgan fingerprint density at radius 2 is 1.94 bits per heavy atom. The van der Waals surface area contributed by atoms with Gasteiger partial charge in [0, 0.05) is 16.5 Å². The zero-order chi connectivity index (χ0) is 13.1. The molecule has 0 bridgehead atoms. The van der Waals surface area contributed by atoms with Gasteiger partial charge in [-0.15, -0.1) is 0 Å². The second kappa shape index (κ2) is 6.47. The van der Waals surface area contributed by atoms with Crippen molar-refractivity contribution in [2.24, 2.45) is 11.3 Å². The summed E-state index contributed by atoms with van der Waals surface area (Å²) in [5.41, 5.74) is 0.542. The fourth-order valence-electron chi connectivity index (χ4n) is 2.59. The summed E-state index contributed by atoms with van der Waals surface area (Å²) in [4.78, 5) is 0. The van der Waals surface area contributed by atoms with Gasteiger partial charge in [-0.05, 0) is 37.1 Å². The summed E-state index contributed by atoms with van der Waals surface area (Å²) in [5.74, 6) is 0.785. The highest BCUT2D eigenvalue weighted by Crippen LogP contribution is 2.42. The van der Waals surface area contributed by atoms with E-state index in [9.17, 15) is 0 Å². The first-order valence-electron chi connectivity index (χ1n) is 7.24. The van der Waals surface area contributed by atoms with Gasteiger partial charge in [0.1, 0.15) is 0 Å². The normalized spacial score (nSPS) is 30.5. The Kier molecular flexibility index (Phi) is 5.85. The van der Waals surface area contributed by atoms with Gasteiger partial charge in [-0.25, -0.2) is 0 Å². The average Bonchev–Trinajstić information content (AvgIpc) is 2.21. The maximum Gasteiger partial charge on any atom is 0.0209 e. The number of thioether (sulfide) groups is 1. The molecule has 1 aliphatic carbocycles. The molecule has 1 fully saturated rings. The molecule has 1 N–H and O–H groups in total. The van der Waals surface area contributed by atoms with Gasteiger partial charge in [-0.3, -0.25) is 0 Å². The van der Waals surface area contributed by atoms with Crippen LogP contribution in [0.15, 0.2) is 0 Å². The predicted molar refractivity (Wildman–Crippen MR) is 80.8 cm³/mol. The standard InChI is InChI=1S/C15H31NS/c1-7-16-13-8-9-15(5,6)10-14(13)17-12(4)11(2)3/h11-14,16H,7-10H2,1-6H3. The van der Waals surface area contributed by atoms with Crippen LogP contribution in [0.4, 0.5) is 0 Å². The first-order valence-corrected chi connectivity index (χ1v) is 8.19. The molecule has 0 aromatic carbocycles. The quantitative estimate of drug-likeness (QED) is 0.787. The lowest BCUT2D eigenvalue weighted by atomic mass is 9.75. The van der Waals surface area contributed by atoms with E-state index in [1.807, 2.05) is 0 Å². The zero-order valence-corrected chi connectivity index (χ0v) is 13.4. The molecule has 3 atom stereocenters. The zero-order valence-electron chi connectivity index (χ0n) is 12.5. The van der Waals surface area contributed by atoms with Gasteiger partial charge in [-0.1, -0.05) is 41.5 Å². The summed E-state index contributed by atoms with van der Waals surface area (Å²) in [6.45, 7) is 15.3. The van der Waals surface area contributed by atoms with Crippen LogP contribution >= 0.6 is 11.8 Å². The van der Waals surface area contributed by atoms with Crippen molar-refractivity contribution in [3.05, 3.63) is 0 Å². The molecule has 0 aliphatic heterocycles. The Labute approximate surface area is 113 Å². The Bertz CT molecular complexity index is 225. The Balaban J connectivity index is 2.60. The van der Waals surface area contributed by atoms with Crippen LogP contribution in [0, 0.1) is 11.3 Å². The monoisotopic (exact) mass is 257 g/mol. The first-order chi connectivity index (χ1) is 7.85. The van der Waals surface area contributed by atoms with E-state index in [0.29, 0.717) is 5.41 Å². The van der Waals surface area contributed by atoms with Crippen molar-refractivity contribution < 1.29 is 0 Å². The van der Waals surface area contributed by atoms with Crippen LogP contribution in [0.2, 0.25) is 0 Å². The maximum absolute atomic E-state index is 3.70. The van der Waals surface area contributed by atoms with Crippen molar-refractivity contribution in [2.75, 3.05) is 6.54 Å². The minimum absolute atomic E-state index is 0.542. The smallest absolute Gasteiger partial charge is 0.0209 e. The van der Waals surface area contributed by atoms with Crippen molar-refractivity contribution >= 4 is 11.8 Å². The molecule has 102 valence electrons. The van der Waals surface area contributed by atoms with Crippen LogP contribution in [0.5, 0.6) is 0 Å². The van der Waals surface area contributed by atoms with Crippen LogP contribution in [0.1, 0.15) is 60.8 Å². The van der Waals surface area contributed by atoms with Crippen LogP contribution < -0.4 is 5.32 Å². The molecule has 0 saturated heterocycles. The first kappa shape index (κ1) is 15.4. The van der Waals surface area contributed by atoms with Crippen molar-refractivity contribution in [2.45, 2.75) is 77.3 Å². The molecule has 1 aliphatic rings. The highest BCUT2D eigenvalue weighted by molar-refractivity contribution is 8.00. The molecule has 0 amide bonds. The second-order valence-electron chi connectivity index (χ2n) is 6.69. The summed E-state index contributed by atoms with van der Waals surface area (Å²) in [7, 11) is 0. The minimum Gasteiger partial charge on any atom is -0.313 e. The van der Waals surface area contributed by atoms with E-state index >= 15 is 0 Å². The Morgan fingerprint density at radius 3 is 2.47 bits per heavy atom. The third-order valence-corrected chi connectivity index (χ3v) is 5.95. The van der Waals surface area contributed by atoms with E-state index in [0.717, 1.165) is 29.0 Å². The molecule has 1 nitrogen and oxygen atoms in total. The average molecular weight is 257 g/mol. The molecule has 0 spiro atoms. The van der Waals surface area contributed by atoms with E-state index in [1.54, 1.807) is 0 Å². The van der Waals surface area contributed by atoms with Gasteiger partial charge in [0.25, 0.3) is 0 Å². The van der Waals surface area contributed by atoms with Gasteiger partial charge in [0.05, 0.1) is 0 Å². The largest absolute Gasteiger partial charge is 0.313 e.